The zero-order chi connectivity index (χ0) is 14.1. The quantitative estimate of drug-likeness (QED) is 0.630. The van der Waals surface area contributed by atoms with E-state index in [0.717, 1.165) is 18.5 Å². The molecule has 0 bridgehead atoms. The van der Waals surface area contributed by atoms with E-state index < -0.39 is 0 Å². The highest BCUT2D eigenvalue weighted by molar-refractivity contribution is 9.11. The highest BCUT2D eigenvalue weighted by Gasteiger charge is 2.22. The van der Waals surface area contributed by atoms with E-state index in [0.29, 0.717) is 6.04 Å². The van der Waals surface area contributed by atoms with E-state index in [4.69, 9.17) is 0 Å². The number of anilines is 1. The van der Waals surface area contributed by atoms with Crippen molar-refractivity contribution in [3.05, 3.63) is 54.7 Å². The molecule has 0 saturated heterocycles. The molecular weight excluding hydrogens is 340 g/mol. The number of hydrogen-bond donors (Lipinski definition) is 1. The van der Waals surface area contributed by atoms with Crippen molar-refractivity contribution in [3.8, 4) is 0 Å². The third-order valence-electron chi connectivity index (χ3n) is 3.50. The van der Waals surface area contributed by atoms with Crippen molar-refractivity contribution in [3.63, 3.8) is 0 Å². The first-order valence-corrected chi connectivity index (χ1v) is 8.03. The molecule has 1 N–H and O–H groups in total. The van der Waals surface area contributed by atoms with Gasteiger partial charge in [0.05, 0.1) is 14.8 Å². The Morgan fingerprint density at radius 1 is 1.35 bits per heavy atom. The van der Waals surface area contributed by atoms with Gasteiger partial charge in [0.25, 0.3) is 5.69 Å². The maximum absolute atomic E-state index is 10.6. The molecule has 104 valence electrons. The van der Waals surface area contributed by atoms with Crippen LogP contribution in [0.1, 0.15) is 29.3 Å². The van der Waals surface area contributed by atoms with E-state index in [2.05, 4.69) is 27.3 Å². The molecule has 0 aliphatic heterocycles. The van der Waals surface area contributed by atoms with Crippen molar-refractivity contribution in [2.75, 3.05) is 5.32 Å². The highest BCUT2D eigenvalue weighted by Crippen LogP contribution is 2.39. The van der Waals surface area contributed by atoms with Gasteiger partial charge in [0.2, 0.25) is 0 Å². The summed E-state index contributed by atoms with van der Waals surface area (Å²) in [7, 11) is 0. The second-order valence-electron chi connectivity index (χ2n) is 4.82. The Labute approximate surface area is 129 Å². The first-order chi connectivity index (χ1) is 9.63. The summed E-state index contributed by atoms with van der Waals surface area (Å²) in [6, 6.07) is 9.09. The van der Waals surface area contributed by atoms with Gasteiger partial charge in [-0.1, -0.05) is 0 Å². The number of hydrogen-bond acceptors (Lipinski definition) is 4. The molecule has 0 amide bonds. The lowest BCUT2D eigenvalue weighted by molar-refractivity contribution is -0.384. The molecule has 0 fully saturated rings. The van der Waals surface area contributed by atoms with E-state index in [1.807, 2.05) is 0 Å². The van der Waals surface area contributed by atoms with Crippen LogP contribution in [0.25, 0.3) is 0 Å². The first kappa shape index (κ1) is 13.6. The summed E-state index contributed by atoms with van der Waals surface area (Å²) in [5.74, 6) is 0. The Kier molecular flexibility index (Phi) is 3.76. The second kappa shape index (κ2) is 5.54. The predicted molar refractivity (Wildman–Crippen MR) is 84.4 cm³/mol. The van der Waals surface area contributed by atoms with Crippen LogP contribution in [0.3, 0.4) is 0 Å². The van der Waals surface area contributed by atoms with Gasteiger partial charge in [0, 0.05) is 22.7 Å². The Bertz CT molecular complexity index is 639. The van der Waals surface area contributed by atoms with Crippen LogP contribution >= 0.6 is 27.3 Å². The zero-order valence-corrected chi connectivity index (χ0v) is 13.0. The number of nitro groups is 1. The van der Waals surface area contributed by atoms with Crippen molar-refractivity contribution in [1.82, 2.24) is 0 Å². The van der Waals surface area contributed by atoms with Gasteiger partial charge in [0.15, 0.2) is 0 Å². The molecule has 1 aliphatic rings. The number of nitrogens with one attached hydrogen (secondary N) is 1. The number of aryl methyl sites for hydroxylation is 1. The molecule has 1 aromatic heterocycles. The van der Waals surface area contributed by atoms with Gasteiger partial charge in [-0.2, -0.15) is 0 Å². The summed E-state index contributed by atoms with van der Waals surface area (Å²) in [5.41, 5.74) is 2.40. The molecule has 2 aromatic rings. The SMILES string of the molecule is O=[N+]([O-])c1ccc(NC2CCCc3sc(Br)cc32)cc1. The lowest BCUT2D eigenvalue weighted by atomic mass is 9.94. The van der Waals surface area contributed by atoms with Crippen LogP contribution in [-0.4, -0.2) is 4.92 Å². The zero-order valence-electron chi connectivity index (χ0n) is 10.6. The van der Waals surface area contributed by atoms with E-state index >= 15 is 0 Å². The number of rotatable bonds is 3. The topological polar surface area (TPSA) is 55.2 Å². The standard InChI is InChI=1S/C14H13BrN2O2S/c15-14-8-11-12(2-1-3-13(11)20-14)16-9-4-6-10(7-5-9)17(18)19/h4-8,12,16H,1-3H2. The summed E-state index contributed by atoms with van der Waals surface area (Å²) in [4.78, 5) is 11.7. The number of nitrogens with zero attached hydrogens (tertiary/aromatic N) is 1. The molecule has 1 aliphatic carbocycles. The van der Waals surface area contributed by atoms with E-state index in [1.165, 1.54) is 32.8 Å². The van der Waals surface area contributed by atoms with Crippen LogP contribution in [0.15, 0.2) is 34.1 Å². The fraction of sp³-hybridized carbons (Fsp3) is 0.286. The van der Waals surface area contributed by atoms with E-state index in [-0.39, 0.29) is 10.6 Å². The Balaban J connectivity index is 1.80. The Morgan fingerprint density at radius 3 is 2.80 bits per heavy atom. The summed E-state index contributed by atoms with van der Waals surface area (Å²) >= 11 is 5.34. The maximum Gasteiger partial charge on any atom is 0.269 e. The van der Waals surface area contributed by atoms with Crippen molar-refractivity contribution in [2.24, 2.45) is 0 Å². The minimum atomic E-state index is -0.377. The molecule has 3 rings (SSSR count). The number of nitro benzene ring substituents is 1. The second-order valence-corrected chi connectivity index (χ2v) is 7.34. The Morgan fingerprint density at radius 2 is 2.10 bits per heavy atom. The first-order valence-electron chi connectivity index (χ1n) is 6.42. The minimum Gasteiger partial charge on any atom is -0.378 e. The third kappa shape index (κ3) is 2.71. The normalized spacial score (nSPS) is 17.6. The van der Waals surface area contributed by atoms with Gasteiger partial charge in [0.1, 0.15) is 0 Å². The largest absolute Gasteiger partial charge is 0.378 e. The monoisotopic (exact) mass is 352 g/mol. The van der Waals surface area contributed by atoms with Crippen LogP contribution in [0.4, 0.5) is 11.4 Å². The molecule has 1 atom stereocenters. The fourth-order valence-corrected chi connectivity index (χ4v) is 4.37. The van der Waals surface area contributed by atoms with Crippen molar-refractivity contribution in [1.29, 1.82) is 0 Å². The summed E-state index contributed by atoms with van der Waals surface area (Å²) in [6.45, 7) is 0. The summed E-state index contributed by atoms with van der Waals surface area (Å²) < 4.78 is 1.17. The summed E-state index contributed by atoms with van der Waals surface area (Å²) in [5, 5.41) is 14.1. The average molecular weight is 353 g/mol. The highest BCUT2D eigenvalue weighted by atomic mass is 79.9. The number of benzene rings is 1. The fourth-order valence-electron chi connectivity index (χ4n) is 2.55. The number of fused-ring (bicyclic) bond motifs is 1. The van der Waals surface area contributed by atoms with Gasteiger partial charge < -0.3 is 5.32 Å². The average Bonchev–Trinajstić information content (AvgIpc) is 2.81. The van der Waals surface area contributed by atoms with Crippen molar-refractivity contribution in [2.45, 2.75) is 25.3 Å². The molecule has 6 heteroatoms. The number of halogens is 1. The van der Waals surface area contributed by atoms with E-state index in [9.17, 15) is 10.1 Å². The molecular formula is C14H13BrN2O2S. The lowest BCUT2D eigenvalue weighted by Gasteiger charge is -2.24. The van der Waals surface area contributed by atoms with Crippen molar-refractivity contribution < 1.29 is 4.92 Å². The Hall–Kier alpha value is -1.40. The van der Waals surface area contributed by atoms with Crippen molar-refractivity contribution >= 4 is 38.6 Å². The van der Waals surface area contributed by atoms with Gasteiger partial charge in [-0.05, 0) is 59.0 Å². The number of thiophene rings is 1. The molecule has 0 radical (unpaired) electrons. The minimum absolute atomic E-state index is 0.123. The smallest absolute Gasteiger partial charge is 0.269 e. The third-order valence-corrected chi connectivity index (χ3v) is 5.22. The van der Waals surface area contributed by atoms with Crippen LogP contribution in [0.2, 0.25) is 0 Å². The van der Waals surface area contributed by atoms with Crippen LogP contribution < -0.4 is 5.32 Å². The molecule has 4 nitrogen and oxygen atoms in total. The van der Waals surface area contributed by atoms with Crippen LogP contribution in [0, 0.1) is 10.1 Å². The van der Waals surface area contributed by atoms with Gasteiger partial charge in [-0.15, -0.1) is 11.3 Å². The van der Waals surface area contributed by atoms with Crippen LogP contribution in [0.5, 0.6) is 0 Å². The molecule has 0 saturated carbocycles. The molecule has 20 heavy (non-hydrogen) atoms. The number of non-ortho nitro benzene ring substituents is 1. The molecule has 0 spiro atoms. The van der Waals surface area contributed by atoms with Gasteiger partial charge in [-0.3, -0.25) is 10.1 Å². The maximum atomic E-state index is 10.6. The van der Waals surface area contributed by atoms with Crippen LogP contribution in [-0.2, 0) is 6.42 Å². The lowest BCUT2D eigenvalue weighted by Crippen LogP contribution is -2.15. The molecule has 1 unspecified atom stereocenters. The molecule has 1 aromatic carbocycles. The van der Waals surface area contributed by atoms with E-state index in [1.54, 1.807) is 23.5 Å². The van der Waals surface area contributed by atoms with Gasteiger partial charge >= 0.3 is 0 Å². The predicted octanol–water partition coefficient (Wildman–Crippen LogP) is 4.91. The summed E-state index contributed by atoms with van der Waals surface area (Å²) in [6.07, 6.45) is 3.40. The molecule has 1 heterocycles. The van der Waals surface area contributed by atoms with Gasteiger partial charge in [-0.25, -0.2) is 0 Å².